The number of hydrogen-bond acceptors (Lipinski definition) is 4. The van der Waals surface area contributed by atoms with Crippen molar-refractivity contribution < 1.29 is 13.2 Å². The van der Waals surface area contributed by atoms with Crippen molar-refractivity contribution in [1.29, 1.82) is 0 Å². The molecule has 0 bridgehead atoms. The number of benzene rings is 1. The van der Waals surface area contributed by atoms with E-state index < -0.39 is 11.7 Å². The molecular weight excluding hydrogens is 305 g/mol. The van der Waals surface area contributed by atoms with Gasteiger partial charge < -0.3 is 10.7 Å². The molecule has 1 heterocycles. The highest BCUT2D eigenvalue weighted by atomic mass is 35.5. The lowest BCUT2D eigenvalue weighted by Crippen LogP contribution is -2.13. The van der Waals surface area contributed by atoms with Crippen molar-refractivity contribution in [2.24, 2.45) is 5.84 Å². The monoisotopic (exact) mass is 316 g/mol. The van der Waals surface area contributed by atoms with Crippen molar-refractivity contribution in [3.8, 4) is 0 Å². The Kier molecular flexibility index (Phi) is 4.24. The predicted molar refractivity (Wildman–Crippen MR) is 76.5 cm³/mol. The highest BCUT2D eigenvalue weighted by Gasteiger charge is 2.31. The first kappa shape index (κ1) is 15.4. The minimum atomic E-state index is -4.50. The van der Waals surface area contributed by atoms with Gasteiger partial charge in [0, 0.05) is 0 Å². The molecule has 2 rings (SSSR count). The van der Waals surface area contributed by atoms with E-state index in [0.29, 0.717) is 10.7 Å². The molecule has 1 aromatic heterocycles. The van der Waals surface area contributed by atoms with Crippen molar-refractivity contribution in [3.63, 3.8) is 0 Å². The van der Waals surface area contributed by atoms with Crippen LogP contribution in [0.2, 0.25) is 5.02 Å². The normalized spacial score (nSPS) is 11.3. The summed E-state index contributed by atoms with van der Waals surface area (Å²) in [4.78, 5) is 3.94. The molecule has 0 radical (unpaired) electrons. The van der Waals surface area contributed by atoms with Crippen LogP contribution >= 0.6 is 11.6 Å². The second-order valence-corrected chi connectivity index (χ2v) is 4.73. The van der Waals surface area contributed by atoms with Crippen LogP contribution in [0.1, 0.15) is 11.1 Å². The van der Waals surface area contributed by atoms with Gasteiger partial charge in [-0.25, -0.2) is 10.8 Å². The van der Waals surface area contributed by atoms with Crippen LogP contribution in [0.3, 0.4) is 0 Å². The Balaban J connectivity index is 2.45. The van der Waals surface area contributed by atoms with Crippen molar-refractivity contribution >= 4 is 28.9 Å². The van der Waals surface area contributed by atoms with Crippen LogP contribution in [-0.2, 0) is 6.18 Å². The highest BCUT2D eigenvalue weighted by molar-refractivity contribution is 6.33. The molecule has 0 unspecified atom stereocenters. The lowest BCUT2D eigenvalue weighted by atomic mass is 10.2. The SMILES string of the molecule is Cc1cccc(Cl)c1Nc1cc(C(F)(F)F)cc(NN)n1. The van der Waals surface area contributed by atoms with Gasteiger partial charge in [0.05, 0.1) is 16.3 Å². The molecule has 8 heteroatoms. The number of nitrogen functional groups attached to an aromatic ring is 1. The molecule has 0 amide bonds. The lowest BCUT2D eigenvalue weighted by molar-refractivity contribution is -0.137. The van der Waals surface area contributed by atoms with E-state index in [1.165, 1.54) is 0 Å². The number of aryl methyl sites for hydroxylation is 1. The second kappa shape index (κ2) is 5.79. The maximum Gasteiger partial charge on any atom is 0.416 e. The quantitative estimate of drug-likeness (QED) is 0.589. The van der Waals surface area contributed by atoms with Crippen LogP contribution in [0, 0.1) is 6.92 Å². The van der Waals surface area contributed by atoms with Gasteiger partial charge in [-0.05, 0) is 30.7 Å². The first-order chi connectivity index (χ1) is 9.81. The molecule has 0 aliphatic rings. The van der Waals surface area contributed by atoms with Crippen LogP contribution in [-0.4, -0.2) is 4.98 Å². The Morgan fingerprint density at radius 3 is 2.43 bits per heavy atom. The van der Waals surface area contributed by atoms with Gasteiger partial charge in [0.25, 0.3) is 0 Å². The Morgan fingerprint density at radius 2 is 1.86 bits per heavy atom. The third kappa shape index (κ3) is 3.56. The zero-order chi connectivity index (χ0) is 15.6. The van der Waals surface area contributed by atoms with Crippen molar-refractivity contribution in [2.75, 3.05) is 10.7 Å². The second-order valence-electron chi connectivity index (χ2n) is 4.33. The Morgan fingerprint density at radius 1 is 1.19 bits per heavy atom. The largest absolute Gasteiger partial charge is 0.416 e. The summed E-state index contributed by atoms with van der Waals surface area (Å²) in [6, 6.07) is 6.88. The number of alkyl halides is 3. The third-order valence-corrected chi connectivity index (χ3v) is 3.09. The predicted octanol–water partition coefficient (Wildman–Crippen LogP) is 4.09. The summed E-state index contributed by atoms with van der Waals surface area (Å²) in [5, 5.41) is 3.17. The number of rotatable bonds is 3. The summed E-state index contributed by atoms with van der Waals surface area (Å²) < 4.78 is 38.5. The zero-order valence-electron chi connectivity index (χ0n) is 10.9. The molecule has 2 aromatic rings. The molecule has 0 saturated heterocycles. The lowest BCUT2D eigenvalue weighted by Gasteiger charge is -2.14. The average Bonchev–Trinajstić information content (AvgIpc) is 2.42. The molecule has 0 atom stereocenters. The molecule has 4 N–H and O–H groups in total. The molecule has 4 nitrogen and oxygen atoms in total. The molecular formula is C13H12ClF3N4. The molecule has 0 saturated carbocycles. The summed E-state index contributed by atoms with van der Waals surface area (Å²) in [5.41, 5.74) is 2.52. The van der Waals surface area contributed by atoms with E-state index in [-0.39, 0.29) is 11.6 Å². The van der Waals surface area contributed by atoms with Gasteiger partial charge in [-0.15, -0.1) is 0 Å². The van der Waals surface area contributed by atoms with Crippen LogP contribution in [0.25, 0.3) is 0 Å². The molecule has 0 aliphatic carbocycles. The third-order valence-electron chi connectivity index (χ3n) is 2.78. The van der Waals surface area contributed by atoms with E-state index in [9.17, 15) is 13.2 Å². The number of para-hydroxylation sites is 1. The van der Waals surface area contributed by atoms with Crippen molar-refractivity contribution in [3.05, 3.63) is 46.5 Å². The van der Waals surface area contributed by atoms with Gasteiger partial charge in [-0.1, -0.05) is 23.7 Å². The maximum atomic E-state index is 12.8. The molecule has 0 fully saturated rings. The molecule has 0 spiro atoms. The fourth-order valence-electron chi connectivity index (χ4n) is 1.75. The highest BCUT2D eigenvalue weighted by Crippen LogP contribution is 2.34. The number of hydrogen-bond donors (Lipinski definition) is 3. The van der Waals surface area contributed by atoms with E-state index in [0.717, 1.165) is 17.7 Å². The minimum Gasteiger partial charge on any atom is -0.339 e. The number of anilines is 3. The van der Waals surface area contributed by atoms with Crippen LogP contribution in [0.15, 0.2) is 30.3 Å². The molecule has 1 aromatic carbocycles. The van der Waals surface area contributed by atoms with Gasteiger partial charge in [0.15, 0.2) is 0 Å². The fraction of sp³-hybridized carbons (Fsp3) is 0.154. The first-order valence-electron chi connectivity index (χ1n) is 5.89. The number of nitrogens with one attached hydrogen (secondary N) is 2. The maximum absolute atomic E-state index is 12.8. The molecule has 112 valence electrons. The van der Waals surface area contributed by atoms with Gasteiger partial charge in [-0.3, -0.25) is 0 Å². The number of nitrogens with zero attached hydrogens (tertiary/aromatic N) is 1. The number of halogens is 4. The molecule has 21 heavy (non-hydrogen) atoms. The number of aromatic nitrogens is 1. The van der Waals surface area contributed by atoms with Gasteiger partial charge in [0.1, 0.15) is 11.6 Å². The summed E-state index contributed by atoms with van der Waals surface area (Å²) in [7, 11) is 0. The van der Waals surface area contributed by atoms with E-state index in [1.54, 1.807) is 25.1 Å². The van der Waals surface area contributed by atoms with Gasteiger partial charge >= 0.3 is 6.18 Å². The topological polar surface area (TPSA) is 63.0 Å². The van der Waals surface area contributed by atoms with Gasteiger partial charge in [0.2, 0.25) is 0 Å². The van der Waals surface area contributed by atoms with Gasteiger partial charge in [-0.2, -0.15) is 13.2 Å². The summed E-state index contributed by atoms with van der Waals surface area (Å²) in [6.45, 7) is 1.78. The first-order valence-corrected chi connectivity index (χ1v) is 6.27. The van der Waals surface area contributed by atoms with Crippen LogP contribution in [0.4, 0.5) is 30.5 Å². The fourth-order valence-corrected chi connectivity index (χ4v) is 2.02. The summed E-state index contributed by atoms with van der Waals surface area (Å²) >= 11 is 6.03. The number of nitrogens with two attached hydrogens (primary N) is 1. The summed E-state index contributed by atoms with van der Waals surface area (Å²) in [6.07, 6.45) is -4.50. The zero-order valence-corrected chi connectivity index (χ0v) is 11.7. The average molecular weight is 317 g/mol. The van der Waals surface area contributed by atoms with Crippen molar-refractivity contribution in [1.82, 2.24) is 4.98 Å². The Bertz CT molecular complexity index is 638. The summed E-state index contributed by atoms with van der Waals surface area (Å²) in [5.74, 6) is 5.04. The van der Waals surface area contributed by atoms with E-state index in [4.69, 9.17) is 17.4 Å². The minimum absolute atomic E-state index is 0.00558. The number of pyridine rings is 1. The number of hydrazine groups is 1. The standard InChI is InChI=1S/C13H12ClF3N4/c1-7-3-2-4-9(14)12(7)20-10-5-8(13(15,16)17)6-11(19-10)21-18/h2-6H,18H2,1H3,(H2,19,20,21). The Hall–Kier alpha value is -1.99. The molecule has 0 aliphatic heterocycles. The van der Waals surface area contributed by atoms with E-state index in [1.807, 2.05) is 0 Å². The smallest absolute Gasteiger partial charge is 0.339 e. The van der Waals surface area contributed by atoms with E-state index in [2.05, 4.69) is 15.7 Å². The van der Waals surface area contributed by atoms with Crippen molar-refractivity contribution in [2.45, 2.75) is 13.1 Å². The van der Waals surface area contributed by atoms with Crippen LogP contribution < -0.4 is 16.6 Å². The van der Waals surface area contributed by atoms with Crippen LogP contribution in [0.5, 0.6) is 0 Å². The van der Waals surface area contributed by atoms with E-state index >= 15 is 0 Å². The Labute approximate surface area is 124 Å².